The van der Waals surface area contributed by atoms with Gasteiger partial charge in [0.25, 0.3) is 5.91 Å². The van der Waals surface area contributed by atoms with Crippen LogP contribution in [0.1, 0.15) is 15.2 Å². The summed E-state index contributed by atoms with van der Waals surface area (Å²) in [5, 5.41) is 14.6. The second-order valence-corrected chi connectivity index (χ2v) is 6.61. The van der Waals surface area contributed by atoms with Crippen LogP contribution in [0.15, 0.2) is 39.3 Å². The lowest BCUT2D eigenvalue weighted by molar-refractivity contribution is 0.103. The number of carbonyl (C=O) groups excluding carboxylic acids is 1. The lowest BCUT2D eigenvalue weighted by Crippen LogP contribution is -2.15. The molecule has 1 aromatic heterocycles. The minimum atomic E-state index is -0.278. The van der Waals surface area contributed by atoms with E-state index >= 15 is 0 Å². The van der Waals surface area contributed by atoms with Gasteiger partial charge in [-0.1, -0.05) is 16.8 Å². The Morgan fingerprint density at radius 1 is 1.40 bits per heavy atom. The van der Waals surface area contributed by atoms with Crippen LogP contribution in [0.3, 0.4) is 0 Å². The van der Waals surface area contributed by atoms with Crippen molar-refractivity contribution in [2.24, 2.45) is 10.9 Å². The number of carbonyl (C=O) groups is 1. The number of nitrogens with zero attached hydrogens (tertiary/aromatic N) is 1. The average molecular weight is 375 g/mol. The van der Waals surface area contributed by atoms with Gasteiger partial charge < -0.3 is 16.3 Å². The second-order valence-electron chi connectivity index (χ2n) is 3.74. The van der Waals surface area contributed by atoms with E-state index in [9.17, 15) is 4.79 Å². The highest BCUT2D eigenvalue weighted by atomic mass is 79.9. The first-order chi connectivity index (χ1) is 9.51. The molecule has 1 amide bonds. The molecule has 5 nitrogen and oxygen atoms in total. The van der Waals surface area contributed by atoms with Crippen LogP contribution in [0.25, 0.3) is 0 Å². The number of anilines is 1. The first-order valence-electron chi connectivity index (χ1n) is 5.35. The van der Waals surface area contributed by atoms with Crippen molar-refractivity contribution in [1.82, 2.24) is 0 Å². The van der Waals surface area contributed by atoms with Crippen LogP contribution in [0.2, 0.25) is 5.02 Å². The number of hydrogen-bond donors (Lipinski definition) is 3. The van der Waals surface area contributed by atoms with Crippen LogP contribution in [0.5, 0.6) is 0 Å². The van der Waals surface area contributed by atoms with Gasteiger partial charge in [-0.15, -0.1) is 11.3 Å². The van der Waals surface area contributed by atoms with Crippen molar-refractivity contribution in [2.75, 3.05) is 5.32 Å². The van der Waals surface area contributed by atoms with Gasteiger partial charge in [-0.25, -0.2) is 0 Å². The Labute approximate surface area is 132 Å². The van der Waals surface area contributed by atoms with Gasteiger partial charge in [0, 0.05) is 5.56 Å². The minimum absolute atomic E-state index is 0.0592. The Morgan fingerprint density at radius 2 is 2.15 bits per heavy atom. The highest BCUT2D eigenvalue weighted by Gasteiger charge is 2.12. The highest BCUT2D eigenvalue weighted by Crippen LogP contribution is 2.26. The molecule has 0 atom stereocenters. The third kappa shape index (κ3) is 3.30. The van der Waals surface area contributed by atoms with E-state index < -0.39 is 0 Å². The maximum absolute atomic E-state index is 12.0. The number of thiophene rings is 1. The van der Waals surface area contributed by atoms with E-state index in [0.717, 1.165) is 3.79 Å². The molecule has 0 radical (unpaired) electrons. The molecule has 0 spiro atoms. The predicted molar refractivity (Wildman–Crippen MR) is 83.9 cm³/mol. The van der Waals surface area contributed by atoms with Gasteiger partial charge in [0.15, 0.2) is 5.84 Å². The van der Waals surface area contributed by atoms with E-state index in [4.69, 9.17) is 22.5 Å². The van der Waals surface area contributed by atoms with Crippen LogP contribution in [-0.4, -0.2) is 17.0 Å². The summed E-state index contributed by atoms with van der Waals surface area (Å²) in [5.41, 5.74) is 6.35. The van der Waals surface area contributed by atoms with Gasteiger partial charge >= 0.3 is 0 Å². The lowest BCUT2D eigenvalue weighted by atomic mass is 10.2. The van der Waals surface area contributed by atoms with Gasteiger partial charge in [-0.3, -0.25) is 4.79 Å². The van der Waals surface area contributed by atoms with Crippen molar-refractivity contribution in [3.63, 3.8) is 0 Å². The van der Waals surface area contributed by atoms with E-state index in [1.807, 2.05) is 0 Å². The Balaban J connectivity index is 2.26. The van der Waals surface area contributed by atoms with Crippen molar-refractivity contribution >= 4 is 56.3 Å². The molecule has 0 saturated heterocycles. The summed E-state index contributed by atoms with van der Waals surface area (Å²) in [6.45, 7) is 0. The topological polar surface area (TPSA) is 87.7 Å². The van der Waals surface area contributed by atoms with Gasteiger partial charge in [0.05, 0.1) is 19.4 Å². The van der Waals surface area contributed by atoms with Crippen molar-refractivity contribution in [3.8, 4) is 0 Å². The Morgan fingerprint density at radius 3 is 2.75 bits per heavy atom. The molecule has 20 heavy (non-hydrogen) atoms. The summed E-state index contributed by atoms with van der Waals surface area (Å²) in [5.74, 6) is -0.338. The molecule has 0 aliphatic heterocycles. The van der Waals surface area contributed by atoms with Gasteiger partial charge in [0.1, 0.15) is 0 Å². The number of rotatable bonds is 3. The zero-order valence-corrected chi connectivity index (χ0v) is 13.1. The summed E-state index contributed by atoms with van der Waals surface area (Å²) < 4.78 is 0.860. The normalized spacial score (nSPS) is 11.4. The third-order valence-corrected chi connectivity index (χ3v) is 4.37. The molecule has 8 heteroatoms. The molecule has 4 N–H and O–H groups in total. The van der Waals surface area contributed by atoms with Crippen LogP contribution in [0.4, 0.5) is 5.69 Å². The zero-order chi connectivity index (χ0) is 14.7. The predicted octanol–water partition coefficient (Wildman–Crippen LogP) is 3.51. The highest BCUT2D eigenvalue weighted by molar-refractivity contribution is 9.11. The average Bonchev–Trinajstić information content (AvgIpc) is 2.87. The summed E-state index contributed by atoms with van der Waals surface area (Å²) in [6, 6.07) is 8.18. The van der Waals surface area contributed by atoms with Crippen LogP contribution in [-0.2, 0) is 0 Å². The molecule has 104 valence electrons. The van der Waals surface area contributed by atoms with Crippen molar-refractivity contribution < 1.29 is 10.0 Å². The number of amides is 1. The quantitative estimate of drug-likeness (QED) is 0.332. The fourth-order valence-electron chi connectivity index (χ4n) is 1.46. The van der Waals surface area contributed by atoms with Crippen LogP contribution < -0.4 is 11.1 Å². The summed E-state index contributed by atoms with van der Waals surface area (Å²) >= 11 is 10.6. The fourth-order valence-corrected chi connectivity index (χ4v) is 2.90. The number of nitrogens with two attached hydrogens (primary N) is 1. The first kappa shape index (κ1) is 14.8. The molecule has 0 aliphatic carbocycles. The molecule has 0 bridgehead atoms. The van der Waals surface area contributed by atoms with Gasteiger partial charge in [-0.2, -0.15) is 0 Å². The molecule has 0 unspecified atom stereocenters. The number of halogens is 2. The fraction of sp³-hybridized carbons (Fsp3) is 0. The van der Waals surface area contributed by atoms with Crippen molar-refractivity contribution in [3.05, 3.63) is 49.6 Å². The van der Waals surface area contributed by atoms with Gasteiger partial charge in [0.2, 0.25) is 0 Å². The maximum atomic E-state index is 12.0. The molecule has 2 rings (SSSR count). The molecule has 2 aromatic rings. The minimum Gasteiger partial charge on any atom is -0.409 e. The number of nitrogens with one attached hydrogen (secondary N) is 1. The zero-order valence-electron chi connectivity index (χ0n) is 9.93. The summed E-state index contributed by atoms with van der Waals surface area (Å²) in [7, 11) is 0. The lowest BCUT2D eigenvalue weighted by Gasteiger charge is -2.08. The number of amidine groups is 1. The maximum Gasteiger partial charge on any atom is 0.265 e. The SMILES string of the molecule is N/C(=N/O)c1ccc(Cl)c(NC(=O)c2ccc(Br)s2)c1. The van der Waals surface area contributed by atoms with Crippen LogP contribution in [0, 0.1) is 0 Å². The van der Waals surface area contributed by atoms with Crippen molar-refractivity contribution in [2.45, 2.75) is 0 Å². The van der Waals surface area contributed by atoms with Gasteiger partial charge in [-0.05, 0) is 46.3 Å². The molecule has 1 heterocycles. The Bertz CT molecular complexity index is 687. The molecular formula is C12H9BrClN3O2S. The summed E-state index contributed by atoms with van der Waals surface area (Å²) in [6.07, 6.45) is 0. The van der Waals surface area contributed by atoms with E-state index in [1.54, 1.807) is 24.3 Å². The smallest absolute Gasteiger partial charge is 0.265 e. The largest absolute Gasteiger partial charge is 0.409 e. The number of hydrogen-bond acceptors (Lipinski definition) is 4. The molecular weight excluding hydrogens is 366 g/mol. The van der Waals surface area contributed by atoms with Crippen LogP contribution >= 0.6 is 38.9 Å². The van der Waals surface area contributed by atoms with E-state index in [0.29, 0.717) is 21.2 Å². The molecule has 0 saturated carbocycles. The van der Waals surface area contributed by atoms with E-state index in [2.05, 4.69) is 26.4 Å². The van der Waals surface area contributed by atoms with E-state index in [-0.39, 0.29) is 11.7 Å². The Hall–Kier alpha value is -1.57. The standard InChI is InChI=1S/C12H9BrClN3O2S/c13-10-4-3-9(20-10)12(18)16-8-5-6(11(15)17-19)1-2-7(8)14/h1-5,19H,(H2,15,17)(H,16,18). The molecule has 1 aromatic carbocycles. The van der Waals surface area contributed by atoms with Crippen molar-refractivity contribution in [1.29, 1.82) is 0 Å². The molecule has 0 fully saturated rings. The monoisotopic (exact) mass is 373 g/mol. The number of oxime groups is 1. The summed E-state index contributed by atoms with van der Waals surface area (Å²) in [4.78, 5) is 12.6. The number of benzene rings is 1. The third-order valence-electron chi connectivity index (χ3n) is 2.42. The molecule has 0 aliphatic rings. The first-order valence-corrected chi connectivity index (χ1v) is 7.34. The Kier molecular flexibility index (Phi) is 4.64. The van der Waals surface area contributed by atoms with E-state index in [1.165, 1.54) is 17.4 Å². The second kappa shape index (κ2) is 6.25.